The fourth-order valence-corrected chi connectivity index (χ4v) is 4.42. The van der Waals surface area contributed by atoms with Gasteiger partial charge in [0.15, 0.2) is 0 Å². The molecular formula is C24H17F2N5O3S. The average molecular weight is 493 g/mol. The van der Waals surface area contributed by atoms with E-state index in [0.717, 1.165) is 29.1 Å². The quantitative estimate of drug-likeness (QED) is 0.223. The largest absolute Gasteiger partial charge is 0.497 e. The zero-order chi connectivity index (χ0) is 24.5. The Morgan fingerprint density at radius 2 is 1.86 bits per heavy atom. The molecule has 0 aliphatic heterocycles. The van der Waals surface area contributed by atoms with Gasteiger partial charge < -0.3 is 10.1 Å². The predicted molar refractivity (Wildman–Crippen MR) is 129 cm³/mol. The smallest absolute Gasteiger partial charge is 0.293 e. The van der Waals surface area contributed by atoms with E-state index in [-0.39, 0.29) is 23.5 Å². The number of nitrogens with zero attached hydrogens (tertiary/aromatic N) is 4. The molecule has 0 bridgehead atoms. The molecule has 176 valence electrons. The van der Waals surface area contributed by atoms with Gasteiger partial charge in [0.25, 0.3) is 5.69 Å². The van der Waals surface area contributed by atoms with Crippen molar-refractivity contribution in [2.24, 2.45) is 0 Å². The molecule has 0 radical (unpaired) electrons. The first-order valence-electron chi connectivity index (χ1n) is 10.4. The van der Waals surface area contributed by atoms with Crippen LogP contribution in [0.5, 0.6) is 5.75 Å². The molecule has 35 heavy (non-hydrogen) atoms. The highest BCUT2D eigenvalue weighted by atomic mass is 32.1. The van der Waals surface area contributed by atoms with Crippen molar-refractivity contribution in [1.82, 2.24) is 14.6 Å². The van der Waals surface area contributed by atoms with Gasteiger partial charge in [0, 0.05) is 35.4 Å². The number of halogens is 2. The molecule has 8 nitrogen and oxygen atoms in total. The summed E-state index contributed by atoms with van der Waals surface area (Å²) in [6.07, 6.45) is 1.79. The number of hydrogen-bond donors (Lipinski definition) is 1. The van der Waals surface area contributed by atoms with Crippen LogP contribution in [0.3, 0.4) is 0 Å². The molecule has 0 spiro atoms. The minimum absolute atomic E-state index is 0.0362. The molecule has 0 atom stereocenters. The Morgan fingerprint density at radius 1 is 1.09 bits per heavy atom. The number of nitro benzene ring substituents is 1. The first-order valence-corrected chi connectivity index (χ1v) is 11.2. The summed E-state index contributed by atoms with van der Waals surface area (Å²) < 4.78 is 33.8. The molecule has 3 aromatic carbocycles. The first kappa shape index (κ1) is 22.4. The summed E-state index contributed by atoms with van der Waals surface area (Å²) >= 11 is 1.30. The van der Waals surface area contributed by atoms with Gasteiger partial charge in [-0.1, -0.05) is 17.4 Å². The fourth-order valence-electron chi connectivity index (χ4n) is 3.54. The second-order valence-corrected chi connectivity index (χ2v) is 8.52. The Kier molecular flexibility index (Phi) is 5.83. The van der Waals surface area contributed by atoms with Gasteiger partial charge in [-0.25, -0.2) is 18.3 Å². The Morgan fingerprint density at radius 3 is 2.54 bits per heavy atom. The fraction of sp³-hybridized carbons (Fsp3) is 0.0833. The van der Waals surface area contributed by atoms with Crippen LogP contribution in [0.4, 0.5) is 20.2 Å². The van der Waals surface area contributed by atoms with Gasteiger partial charge in [-0.05, 0) is 42.5 Å². The summed E-state index contributed by atoms with van der Waals surface area (Å²) in [5.41, 5.74) is 2.43. The van der Waals surface area contributed by atoms with E-state index in [9.17, 15) is 18.9 Å². The third-order valence-electron chi connectivity index (χ3n) is 5.35. The van der Waals surface area contributed by atoms with E-state index < -0.39 is 16.6 Å². The third kappa shape index (κ3) is 4.53. The molecular weight excluding hydrogens is 476 g/mol. The van der Waals surface area contributed by atoms with Crippen molar-refractivity contribution < 1.29 is 18.4 Å². The van der Waals surface area contributed by atoms with Crippen LogP contribution in [-0.2, 0) is 6.54 Å². The molecule has 2 aromatic heterocycles. The number of imidazole rings is 1. The van der Waals surface area contributed by atoms with Crippen molar-refractivity contribution in [3.8, 4) is 27.6 Å². The van der Waals surface area contributed by atoms with Crippen LogP contribution in [0.1, 0.15) is 5.56 Å². The lowest BCUT2D eigenvalue weighted by Crippen LogP contribution is -2.04. The third-order valence-corrected chi connectivity index (χ3v) is 6.33. The van der Waals surface area contributed by atoms with Gasteiger partial charge in [-0.2, -0.15) is 5.10 Å². The van der Waals surface area contributed by atoms with Gasteiger partial charge in [-0.15, -0.1) is 0 Å². The van der Waals surface area contributed by atoms with Crippen molar-refractivity contribution in [2.75, 3.05) is 12.4 Å². The van der Waals surface area contributed by atoms with Crippen molar-refractivity contribution in [3.05, 3.63) is 94.2 Å². The molecule has 0 amide bonds. The van der Waals surface area contributed by atoms with E-state index in [0.29, 0.717) is 15.5 Å². The van der Waals surface area contributed by atoms with Crippen LogP contribution in [-0.4, -0.2) is 26.6 Å². The SMILES string of the molecule is COc1ccc(-c2cn3nc(-c4ccc(NCc5ccc(F)cc5F)c([N+](=O)[O-])c4)sc3n2)cc1. The number of nitro groups is 1. The molecule has 0 saturated carbocycles. The summed E-state index contributed by atoms with van der Waals surface area (Å²) in [4.78, 5) is 16.4. The first-order chi connectivity index (χ1) is 16.9. The normalized spacial score (nSPS) is 11.1. The maximum absolute atomic E-state index is 13.9. The maximum Gasteiger partial charge on any atom is 0.293 e. The zero-order valence-electron chi connectivity index (χ0n) is 18.2. The number of hydrogen-bond acceptors (Lipinski definition) is 7. The van der Waals surface area contributed by atoms with Crippen molar-refractivity contribution in [3.63, 3.8) is 0 Å². The highest BCUT2D eigenvalue weighted by molar-refractivity contribution is 7.19. The topological polar surface area (TPSA) is 94.6 Å². The van der Waals surface area contributed by atoms with Crippen LogP contribution < -0.4 is 10.1 Å². The molecule has 1 N–H and O–H groups in total. The van der Waals surface area contributed by atoms with Gasteiger partial charge in [0.1, 0.15) is 28.1 Å². The van der Waals surface area contributed by atoms with Gasteiger partial charge in [-0.3, -0.25) is 10.1 Å². The summed E-state index contributed by atoms with van der Waals surface area (Å²) in [5.74, 6) is -0.665. The Hall–Kier alpha value is -4.38. The van der Waals surface area contributed by atoms with E-state index >= 15 is 0 Å². The van der Waals surface area contributed by atoms with Crippen molar-refractivity contribution in [1.29, 1.82) is 0 Å². The lowest BCUT2D eigenvalue weighted by Gasteiger charge is -2.09. The zero-order valence-corrected chi connectivity index (χ0v) is 19.1. The molecule has 0 fully saturated rings. The van der Waals surface area contributed by atoms with Crippen LogP contribution in [0.2, 0.25) is 0 Å². The van der Waals surface area contributed by atoms with Crippen LogP contribution in [0, 0.1) is 21.7 Å². The summed E-state index contributed by atoms with van der Waals surface area (Å²) in [6, 6.07) is 15.3. The van der Waals surface area contributed by atoms with Gasteiger partial charge in [0.05, 0.1) is 23.9 Å². The Bertz CT molecular complexity index is 1520. The van der Waals surface area contributed by atoms with Crippen molar-refractivity contribution in [2.45, 2.75) is 6.54 Å². The molecule has 0 aliphatic rings. The van der Waals surface area contributed by atoms with E-state index in [1.165, 1.54) is 23.5 Å². The highest BCUT2D eigenvalue weighted by Crippen LogP contribution is 2.34. The van der Waals surface area contributed by atoms with Crippen molar-refractivity contribution >= 4 is 27.7 Å². The summed E-state index contributed by atoms with van der Waals surface area (Å²) in [6.45, 7) is -0.0362. The number of anilines is 1. The number of benzene rings is 3. The molecule has 0 unspecified atom stereocenters. The van der Waals surface area contributed by atoms with Crippen LogP contribution in [0.25, 0.3) is 26.8 Å². The van der Waals surface area contributed by atoms with Crippen LogP contribution in [0.15, 0.2) is 66.9 Å². The number of fused-ring (bicyclic) bond motifs is 1. The number of ether oxygens (including phenoxy) is 1. The number of nitrogens with one attached hydrogen (secondary N) is 1. The molecule has 11 heteroatoms. The Balaban J connectivity index is 1.40. The van der Waals surface area contributed by atoms with Gasteiger partial charge >= 0.3 is 0 Å². The van der Waals surface area contributed by atoms with E-state index in [2.05, 4.69) is 15.4 Å². The van der Waals surface area contributed by atoms with E-state index in [1.807, 2.05) is 24.3 Å². The van der Waals surface area contributed by atoms with Crippen LogP contribution >= 0.6 is 11.3 Å². The molecule has 0 aliphatic carbocycles. The summed E-state index contributed by atoms with van der Waals surface area (Å²) in [5, 5.41) is 19.6. The molecule has 2 heterocycles. The number of rotatable bonds is 7. The van der Waals surface area contributed by atoms with E-state index in [4.69, 9.17) is 4.74 Å². The van der Waals surface area contributed by atoms with Gasteiger partial charge in [0.2, 0.25) is 4.96 Å². The number of aromatic nitrogens is 3. The second kappa shape index (κ2) is 9.11. The minimum atomic E-state index is -0.725. The molecule has 5 rings (SSSR count). The highest BCUT2D eigenvalue weighted by Gasteiger charge is 2.18. The maximum atomic E-state index is 13.9. The lowest BCUT2D eigenvalue weighted by molar-refractivity contribution is -0.383. The average Bonchev–Trinajstić information content (AvgIpc) is 3.43. The standard InChI is InChI=1S/C24H17F2N5O3S/c1-34-18-7-3-14(4-8-18)21-13-30-24(28-21)35-23(29-30)15-5-9-20(22(10-15)31(32)33)27-12-16-2-6-17(25)11-19(16)26/h2-11,13,27H,12H2,1H3. The monoisotopic (exact) mass is 493 g/mol. The second-order valence-electron chi connectivity index (χ2n) is 7.57. The van der Waals surface area contributed by atoms with E-state index in [1.54, 1.807) is 30.0 Å². The lowest BCUT2D eigenvalue weighted by atomic mass is 10.1. The number of methoxy groups -OCH3 is 1. The summed E-state index contributed by atoms with van der Waals surface area (Å²) in [7, 11) is 1.60. The predicted octanol–water partition coefficient (Wildman–Crippen LogP) is 5.93. The molecule has 5 aromatic rings. The minimum Gasteiger partial charge on any atom is -0.497 e. The Labute approximate surface area is 201 Å². The molecule has 0 saturated heterocycles.